The summed E-state index contributed by atoms with van der Waals surface area (Å²) >= 11 is 0. The van der Waals surface area contributed by atoms with E-state index in [0.717, 1.165) is 63.6 Å². The second-order valence-electron chi connectivity index (χ2n) is 11.5. The molecule has 1 fully saturated rings. The number of carbonyl (C=O) groups is 2. The highest BCUT2D eigenvalue weighted by molar-refractivity contribution is 5.85. The molecule has 0 spiro atoms. The van der Waals surface area contributed by atoms with Gasteiger partial charge in [0.2, 0.25) is 18.4 Å². The molecule has 2 heterocycles. The molecule has 1 N–H and O–H groups in total. The first-order valence-corrected chi connectivity index (χ1v) is 14.4. The molecule has 9 heteroatoms. The summed E-state index contributed by atoms with van der Waals surface area (Å²) in [6, 6.07) is 3.49. The van der Waals surface area contributed by atoms with Gasteiger partial charge in [0.1, 0.15) is 0 Å². The average molecular weight is 569 g/mol. The monoisotopic (exact) mass is 568 g/mol. The van der Waals surface area contributed by atoms with E-state index < -0.39 is 11.9 Å². The van der Waals surface area contributed by atoms with Crippen molar-refractivity contribution in [3.05, 3.63) is 17.7 Å². The van der Waals surface area contributed by atoms with E-state index in [1.165, 1.54) is 0 Å². The standard InChI is InChI=1S/C30H48N2O6.ClH/c1-7-10-13-30(4,5)28-26(29(34)35)22(21-16-23(36-6)27-24(17-21)37-20-38-27)18-32(28)19-25(33)31(14-11-8-2)15-12-9-3;/h16-17,22,26,28H,7-15,18-20H2,1-6H3,(H,34,35);1H/t22-,26-,28-;/m1./s1. The zero-order valence-corrected chi connectivity index (χ0v) is 25.5. The summed E-state index contributed by atoms with van der Waals surface area (Å²) in [5.74, 6) is -0.0450. The van der Waals surface area contributed by atoms with Crippen LogP contribution in [0, 0.1) is 11.3 Å². The smallest absolute Gasteiger partial charge is 0.308 e. The number of ether oxygens (including phenoxy) is 3. The topological polar surface area (TPSA) is 88.5 Å². The Balaban J connectivity index is 0.00000533. The van der Waals surface area contributed by atoms with Crippen molar-refractivity contribution >= 4 is 24.3 Å². The molecular formula is C30H49ClN2O6. The van der Waals surface area contributed by atoms with Gasteiger partial charge in [0, 0.05) is 31.6 Å². The summed E-state index contributed by atoms with van der Waals surface area (Å²) in [6.45, 7) is 13.1. The second-order valence-corrected chi connectivity index (χ2v) is 11.5. The fraction of sp³-hybridized carbons (Fsp3) is 0.733. The average Bonchev–Trinajstić information content (AvgIpc) is 3.52. The highest BCUT2D eigenvalue weighted by Crippen LogP contribution is 2.50. The molecule has 0 aromatic heterocycles. The number of unbranched alkanes of at least 4 members (excludes halogenated alkanes) is 3. The number of rotatable bonds is 15. The molecule has 2 aliphatic heterocycles. The number of carboxylic acid groups (broad SMARTS) is 1. The molecule has 2 aliphatic rings. The quantitative estimate of drug-likeness (QED) is 0.279. The van der Waals surface area contributed by atoms with Gasteiger partial charge < -0.3 is 24.2 Å². The Hall–Kier alpha value is -2.19. The number of aliphatic carboxylic acids is 1. The number of nitrogens with zero attached hydrogens (tertiary/aromatic N) is 2. The van der Waals surface area contributed by atoms with Crippen LogP contribution in [0.2, 0.25) is 0 Å². The molecule has 0 radical (unpaired) electrons. The summed E-state index contributed by atoms with van der Waals surface area (Å²) in [5.41, 5.74) is 0.560. The fourth-order valence-electron chi connectivity index (χ4n) is 6.17. The summed E-state index contributed by atoms with van der Waals surface area (Å²) in [5, 5.41) is 10.6. The van der Waals surface area contributed by atoms with E-state index in [1.807, 2.05) is 17.0 Å². The number of amides is 1. The highest BCUT2D eigenvalue weighted by Gasteiger charge is 2.53. The Kier molecular flexibility index (Phi) is 12.7. The summed E-state index contributed by atoms with van der Waals surface area (Å²) < 4.78 is 16.8. The first kappa shape index (κ1) is 33.0. The van der Waals surface area contributed by atoms with E-state index in [2.05, 4.69) is 39.5 Å². The lowest BCUT2D eigenvalue weighted by Gasteiger charge is -2.40. The van der Waals surface area contributed by atoms with E-state index >= 15 is 0 Å². The van der Waals surface area contributed by atoms with Crippen molar-refractivity contribution < 1.29 is 28.9 Å². The van der Waals surface area contributed by atoms with Crippen LogP contribution in [-0.2, 0) is 9.59 Å². The van der Waals surface area contributed by atoms with Crippen molar-refractivity contribution in [3.8, 4) is 17.2 Å². The molecule has 1 aromatic rings. The minimum Gasteiger partial charge on any atom is -0.493 e. The molecule has 0 aliphatic carbocycles. The van der Waals surface area contributed by atoms with Gasteiger partial charge in [-0.25, -0.2) is 0 Å². The molecule has 8 nitrogen and oxygen atoms in total. The number of likely N-dealkylation sites (tertiary alicyclic amines) is 1. The van der Waals surface area contributed by atoms with Crippen LogP contribution in [0.1, 0.15) is 91.0 Å². The molecule has 1 amide bonds. The Morgan fingerprint density at radius 2 is 1.72 bits per heavy atom. The number of halogens is 1. The zero-order valence-electron chi connectivity index (χ0n) is 24.7. The van der Waals surface area contributed by atoms with E-state index in [0.29, 0.717) is 23.8 Å². The van der Waals surface area contributed by atoms with Gasteiger partial charge >= 0.3 is 5.97 Å². The number of fused-ring (bicyclic) bond motifs is 1. The number of carboxylic acids is 1. The number of hydrogen-bond acceptors (Lipinski definition) is 6. The molecule has 3 atom stereocenters. The van der Waals surface area contributed by atoms with Crippen molar-refractivity contribution in [2.24, 2.45) is 11.3 Å². The molecule has 1 saturated heterocycles. The lowest BCUT2D eigenvalue weighted by molar-refractivity contribution is -0.145. The SMILES string of the molecule is CCCCN(CCCC)C(=O)CN1C[C@H](c2cc(OC)c3c(c2)OCO3)[C@@H](C(=O)O)[C@@H]1C(C)(C)CCCC.Cl. The number of hydrogen-bond donors (Lipinski definition) is 1. The van der Waals surface area contributed by atoms with Crippen LogP contribution in [0.15, 0.2) is 12.1 Å². The summed E-state index contributed by atoms with van der Waals surface area (Å²) in [6.07, 6.45) is 6.95. The first-order valence-electron chi connectivity index (χ1n) is 14.4. The van der Waals surface area contributed by atoms with E-state index in [4.69, 9.17) is 14.2 Å². The van der Waals surface area contributed by atoms with Crippen molar-refractivity contribution in [2.45, 2.75) is 91.5 Å². The van der Waals surface area contributed by atoms with Gasteiger partial charge in [-0.2, -0.15) is 0 Å². The summed E-state index contributed by atoms with van der Waals surface area (Å²) in [7, 11) is 1.58. The maximum atomic E-state index is 13.7. The zero-order chi connectivity index (χ0) is 27.9. The maximum Gasteiger partial charge on any atom is 0.308 e. The van der Waals surface area contributed by atoms with Crippen molar-refractivity contribution in [2.75, 3.05) is 40.1 Å². The highest BCUT2D eigenvalue weighted by atomic mass is 35.5. The Morgan fingerprint density at radius 3 is 2.28 bits per heavy atom. The Morgan fingerprint density at radius 1 is 1.08 bits per heavy atom. The molecule has 3 rings (SSSR count). The van der Waals surface area contributed by atoms with E-state index in [1.54, 1.807) is 7.11 Å². The molecular weight excluding hydrogens is 520 g/mol. The van der Waals surface area contributed by atoms with Crippen LogP contribution < -0.4 is 14.2 Å². The fourth-order valence-corrected chi connectivity index (χ4v) is 6.17. The Labute approximate surface area is 240 Å². The van der Waals surface area contributed by atoms with Gasteiger partial charge in [-0.3, -0.25) is 14.5 Å². The normalized spacial score (nSPS) is 20.5. The molecule has 0 saturated carbocycles. The van der Waals surface area contributed by atoms with Crippen molar-refractivity contribution in [1.29, 1.82) is 0 Å². The predicted molar refractivity (Wildman–Crippen MR) is 155 cm³/mol. The first-order chi connectivity index (χ1) is 18.2. The molecule has 39 heavy (non-hydrogen) atoms. The number of methoxy groups -OCH3 is 1. The van der Waals surface area contributed by atoms with E-state index in [9.17, 15) is 14.7 Å². The van der Waals surface area contributed by atoms with Crippen LogP contribution in [0.5, 0.6) is 17.2 Å². The van der Waals surface area contributed by atoms with Crippen LogP contribution >= 0.6 is 12.4 Å². The van der Waals surface area contributed by atoms with Crippen LogP contribution in [0.3, 0.4) is 0 Å². The third-order valence-corrected chi connectivity index (χ3v) is 8.22. The molecule has 1 aromatic carbocycles. The second kappa shape index (κ2) is 15.0. The summed E-state index contributed by atoms with van der Waals surface area (Å²) in [4.78, 5) is 30.7. The van der Waals surface area contributed by atoms with Crippen LogP contribution in [0.4, 0.5) is 0 Å². The maximum absolute atomic E-state index is 13.7. The molecule has 0 bridgehead atoms. The van der Waals surface area contributed by atoms with Gasteiger partial charge in [0.25, 0.3) is 0 Å². The number of carbonyl (C=O) groups excluding carboxylic acids is 1. The van der Waals surface area contributed by atoms with Crippen LogP contribution in [0.25, 0.3) is 0 Å². The predicted octanol–water partition coefficient (Wildman–Crippen LogP) is 5.96. The number of benzene rings is 1. The van der Waals surface area contributed by atoms with Crippen molar-refractivity contribution in [3.63, 3.8) is 0 Å². The Bertz CT molecular complexity index is 948. The van der Waals surface area contributed by atoms with E-state index in [-0.39, 0.29) is 49.0 Å². The van der Waals surface area contributed by atoms with Crippen LogP contribution in [-0.4, -0.2) is 72.9 Å². The minimum absolute atomic E-state index is 0. The largest absolute Gasteiger partial charge is 0.493 e. The third-order valence-electron chi connectivity index (χ3n) is 8.22. The van der Waals surface area contributed by atoms with Gasteiger partial charge in [-0.1, -0.05) is 60.3 Å². The van der Waals surface area contributed by atoms with Gasteiger partial charge in [-0.05, 0) is 42.4 Å². The van der Waals surface area contributed by atoms with Gasteiger partial charge in [0.05, 0.1) is 19.6 Å². The van der Waals surface area contributed by atoms with Gasteiger partial charge in [0.15, 0.2) is 11.5 Å². The molecule has 222 valence electrons. The van der Waals surface area contributed by atoms with Crippen molar-refractivity contribution in [1.82, 2.24) is 9.80 Å². The minimum atomic E-state index is -0.829. The lowest BCUT2D eigenvalue weighted by atomic mass is 9.71. The van der Waals surface area contributed by atoms with Gasteiger partial charge in [-0.15, -0.1) is 12.4 Å². The lowest BCUT2D eigenvalue weighted by Crippen LogP contribution is -2.50. The molecule has 0 unspecified atom stereocenters. The third kappa shape index (κ3) is 7.72.